The van der Waals surface area contributed by atoms with E-state index in [0.717, 1.165) is 5.69 Å². The summed E-state index contributed by atoms with van der Waals surface area (Å²) in [7, 11) is 0. The zero-order valence-electron chi connectivity index (χ0n) is 6.05. The normalized spacial score (nSPS) is 9.64. The number of anilines is 1. The molecule has 0 spiro atoms. The minimum atomic E-state index is -0.250. The second kappa shape index (κ2) is 3.93. The Balaban J connectivity index is 2.52. The summed E-state index contributed by atoms with van der Waals surface area (Å²) in [6, 6.07) is 6.01. The van der Waals surface area contributed by atoms with Crippen molar-refractivity contribution in [1.29, 1.82) is 0 Å². The molecule has 0 amide bonds. The molecule has 0 aliphatic heterocycles. The highest BCUT2D eigenvalue weighted by molar-refractivity contribution is 5.42. The Kier molecular flexibility index (Phi) is 2.86. The predicted octanol–water partition coefficient (Wildman–Crippen LogP) is 1.23. The van der Waals surface area contributed by atoms with Crippen LogP contribution in [0, 0.1) is 5.82 Å². The molecule has 2 nitrogen and oxygen atoms in total. The van der Waals surface area contributed by atoms with Gasteiger partial charge in [0.2, 0.25) is 0 Å². The number of halogens is 1. The molecule has 3 heteroatoms. The van der Waals surface area contributed by atoms with E-state index >= 15 is 0 Å². The number of benzene rings is 1. The lowest BCUT2D eigenvalue weighted by atomic mass is 10.3. The molecule has 0 fully saturated rings. The zero-order chi connectivity index (χ0) is 8.10. The first kappa shape index (κ1) is 8.01. The van der Waals surface area contributed by atoms with Gasteiger partial charge in [-0.3, -0.25) is 0 Å². The predicted molar refractivity (Wildman–Crippen MR) is 42.0 cm³/mol. The molecule has 0 heterocycles. The Hall–Kier alpha value is -1.09. The fourth-order valence-corrected chi connectivity index (χ4v) is 0.768. The Morgan fingerprint density at radius 1 is 1.27 bits per heavy atom. The van der Waals surface area contributed by atoms with Crippen LogP contribution >= 0.6 is 0 Å². The van der Waals surface area contributed by atoms with Gasteiger partial charge in [-0.15, -0.1) is 0 Å². The fraction of sp³-hybridized carbons (Fsp3) is 0.250. The van der Waals surface area contributed by atoms with Crippen molar-refractivity contribution in [2.75, 3.05) is 18.5 Å². The molecule has 2 N–H and O–H groups in total. The largest absolute Gasteiger partial charge is 0.395 e. The number of nitrogens with one attached hydrogen (secondary N) is 1. The molecule has 0 saturated heterocycles. The molecule has 0 atom stereocenters. The summed E-state index contributed by atoms with van der Waals surface area (Å²) in [5.74, 6) is -0.250. The molecule has 0 aliphatic carbocycles. The van der Waals surface area contributed by atoms with Crippen molar-refractivity contribution >= 4 is 5.69 Å². The fourth-order valence-electron chi connectivity index (χ4n) is 0.768. The van der Waals surface area contributed by atoms with Gasteiger partial charge in [-0.2, -0.15) is 0 Å². The van der Waals surface area contributed by atoms with Crippen molar-refractivity contribution in [3.63, 3.8) is 0 Å². The third kappa shape index (κ3) is 2.55. The molecule has 60 valence electrons. The highest BCUT2D eigenvalue weighted by Gasteiger charge is 1.90. The number of aliphatic hydroxyl groups is 1. The van der Waals surface area contributed by atoms with Crippen LogP contribution in [0.4, 0.5) is 10.1 Å². The molecule has 0 aromatic heterocycles. The Morgan fingerprint density at radius 2 is 1.91 bits per heavy atom. The summed E-state index contributed by atoms with van der Waals surface area (Å²) in [5, 5.41) is 11.4. The van der Waals surface area contributed by atoms with E-state index in [1.54, 1.807) is 12.1 Å². The van der Waals surface area contributed by atoms with Crippen LogP contribution in [0.15, 0.2) is 24.3 Å². The summed E-state index contributed by atoms with van der Waals surface area (Å²) in [5.41, 5.74) is 0.820. The SMILES string of the molecule is OCCNc1ccc(F)cc1. The van der Waals surface area contributed by atoms with Crippen LogP contribution in [0.25, 0.3) is 0 Å². The van der Waals surface area contributed by atoms with Crippen molar-refractivity contribution in [2.45, 2.75) is 0 Å². The quantitative estimate of drug-likeness (QED) is 0.688. The highest BCUT2D eigenvalue weighted by Crippen LogP contribution is 2.06. The van der Waals surface area contributed by atoms with Crippen molar-refractivity contribution in [3.8, 4) is 0 Å². The maximum Gasteiger partial charge on any atom is 0.123 e. The smallest absolute Gasteiger partial charge is 0.123 e. The molecule has 0 unspecified atom stereocenters. The van der Waals surface area contributed by atoms with Crippen molar-refractivity contribution < 1.29 is 9.50 Å². The van der Waals surface area contributed by atoms with E-state index in [1.807, 2.05) is 0 Å². The maximum atomic E-state index is 12.3. The second-order valence-corrected chi connectivity index (χ2v) is 2.16. The van der Waals surface area contributed by atoms with Gasteiger partial charge in [-0.1, -0.05) is 0 Å². The number of rotatable bonds is 3. The zero-order valence-corrected chi connectivity index (χ0v) is 6.05. The summed E-state index contributed by atoms with van der Waals surface area (Å²) in [6.45, 7) is 0.572. The molecule has 0 bridgehead atoms. The summed E-state index contributed by atoms with van der Waals surface area (Å²) < 4.78 is 12.3. The van der Waals surface area contributed by atoms with Crippen LogP contribution in [0.2, 0.25) is 0 Å². The Morgan fingerprint density at radius 3 is 2.45 bits per heavy atom. The van der Waals surface area contributed by atoms with Gasteiger partial charge < -0.3 is 10.4 Å². The molecule has 0 aliphatic rings. The van der Waals surface area contributed by atoms with Crippen molar-refractivity contribution in [2.24, 2.45) is 0 Å². The third-order valence-electron chi connectivity index (χ3n) is 1.29. The summed E-state index contributed by atoms with van der Waals surface area (Å²) in [4.78, 5) is 0. The molecule has 1 rings (SSSR count). The van der Waals surface area contributed by atoms with Crippen LogP contribution in [0.3, 0.4) is 0 Å². The van der Waals surface area contributed by atoms with E-state index < -0.39 is 0 Å². The highest BCUT2D eigenvalue weighted by atomic mass is 19.1. The lowest BCUT2D eigenvalue weighted by Crippen LogP contribution is -2.04. The van der Waals surface area contributed by atoms with Gasteiger partial charge in [0.05, 0.1) is 6.61 Å². The van der Waals surface area contributed by atoms with E-state index in [9.17, 15) is 4.39 Å². The standard InChI is InChI=1S/C8H10FNO/c9-7-1-3-8(4-2-7)10-5-6-11/h1-4,10-11H,5-6H2. The minimum Gasteiger partial charge on any atom is -0.395 e. The molecular weight excluding hydrogens is 145 g/mol. The van der Waals surface area contributed by atoms with Gasteiger partial charge in [0.15, 0.2) is 0 Å². The maximum absolute atomic E-state index is 12.3. The van der Waals surface area contributed by atoms with Gasteiger partial charge in [0.25, 0.3) is 0 Å². The second-order valence-electron chi connectivity index (χ2n) is 2.16. The van der Waals surface area contributed by atoms with Crippen LogP contribution in [0.1, 0.15) is 0 Å². The van der Waals surface area contributed by atoms with Crippen LogP contribution in [-0.2, 0) is 0 Å². The molecule has 11 heavy (non-hydrogen) atoms. The Labute approximate surface area is 64.7 Å². The molecule has 0 saturated carbocycles. The first-order valence-electron chi connectivity index (χ1n) is 3.43. The van der Waals surface area contributed by atoms with Gasteiger partial charge in [0, 0.05) is 12.2 Å². The average molecular weight is 155 g/mol. The number of hydrogen-bond donors (Lipinski definition) is 2. The number of hydrogen-bond acceptors (Lipinski definition) is 2. The van der Waals surface area contributed by atoms with Crippen LogP contribution in [-0.4, -0.2) is 18.3 Å². The molecule has 1 aromatic carbocycles. The lowest BCUT2D eigenvalue weighted by Gasteiger charge is -2.02. The average Bonchev–Trinajstić information content (AvgIpc) is 2.04. The molecule has 1 aromatic rings. The van der Waals surface area contributed by atoms with Gasteiger partial charge in [0.1, 0.15) is 5.82 Å². The van der Waals surface area contributed by atoms with Crippen LogP contribution in [0.5, 0.6) is 0 Å². The van der Waals surface area contributed by atoms with Gasteiger partial charge in [-0.25, -0.2) is 4.39 Å². The van der Waals surface area contributed by atoms with Gasteiger partial charge >= 0.3 is 0 Å². The van der Waals surface area contributed by atoms with E-state index in [1.165, 1.54) is 12.1 Å². The summed E-state index contributed by atoms with van der Waals surface area (Å²) in [6.07, 6.45) is 0. The lowest BCUT2D eigenvalue weighted by molar-refractivity contribution is 0.311. The van der Waals surface area contributed by atoms with E-state index in [2.05, 4.69) is 5.32 Å². The number of aliphatic hydroxyl groups excluding tert-OH is 1. The van der Waals surface area contributed by atoms with E-state index in [-0.39, 0.29) is 12.4 Å². The summed E-state index contributed by atoms with van der Waals surface area (Å²) >= 11 is 0. The topological polar surface area (TPSA) is 32.3 Å². The van der Waals surface area contributed by atoms with Crippen LogP contribution < -0.4 is 5.32 Å². The van der Waals surface area contributed by atoms with E-state index in [0.29, 0.717) is 6.54 Å². The van der Waals surface area contributed by atoms with Crippen molar-refractivity contribution in [3.05, 3.63) is 30.1 Å². The van der Waals surface area contributed by atoms with Gasteiger partial charge in [-0.05, 0) is 24.3 Å². The van der Waals surface area contributed by atoms with Crippen molar-refractivity contribution in [1.82, 2.24) is 0 Å². The van der Waals surface area contributed by atoms with E-state index in [4.69, 9.17) is 5.11 Å². The first-order chi connectivity index (χ1) is 5.33. The third-order valence-corrected chi connectivity index (χ3v) is 1.29. The minimum absolute atomic E-state index is 0.0807. The monoisotopic (exact) mass is 155 g/mol. The Bertz CT molecular complexity index is 210. The molecule has 0 radical (unpaired) electrons. The first-order valence-corrected chi connectivity index (χ1v) is 3.43. The molecular formula is C8H10FNO.